The van der Waals surface area contributed by atoms with Gasteiger partial charge in [0.05, 0.1) is 7.11 Å². The maximum absolute atomic E-state index is 12.9. The molecule has 34 heavy (non-hydrogen) atoms. The van der Waals surface area contributed by atoms with Crippen LogP contribution >= 0.6 is 0 Å². The number of nitrogens with zero attached hydrogens (tertiary/aromatic N) is 1. The number of rotatable bonds is 6. The molecule has 4 rings (SSSR count). The highest BCUT2D eigenvalue weighted by atomic mass is 16.5. The van der Waals surface area contributed by atoms with E-state index in [1.54, 1.807) is 42.5 Å². The number of hydrogen-bond donors (Lipinski definition) is 3. The summed E-state index contributed by atoms with van der Waals surface area (Å²) in [5.41, 5.74) is 2.60. The first-order chi connectivity index (χ1) is 16.4. The highest BCUT2D eigenvalue weighted by Crippen LogP contribution is 2.28. The molecule has 2 aromatic rings. The molecule has 0 saturated carbocycles. The summed E-state index contributed by atoms with van der Waals surface area (Å²) in [5.74, 6) is -1.47. The van der Waals surface area contributed by atoms with Crippen LogP contribution in [0.4, 0.5) is 4.79 Å². The summed E-state index contributed by atoms with van der Waals surface area (Å²) in [6.45, 7) is 0.420. The number of methoxy groups -OCH3 is 1. The van der Waals surface area contributed by atoms with Crippen LogP contribution in [-0.2, 0) is 32.2 Å². The third-order valence-corrected chi connectivity index (χ3v) is 5.90. The molecule has 2 unspecified atom stereocenters. The molecule has 3 N–H and O–H groups in total. The number of carbonyl (C=O) groups excluding carboxylic acids is 5. The first-order valence-corrected chi connectivity index (χ1v) is 10.8. The molecule has 0 aromatic heterocycles. The minimum absolute atomic E-state index is 0.172. The third kappa shape index (κ3) is 4.75. The second-order valence-corrected chi connectivity index (χ2v) is 8.09. The number of benzene rings is 2. The summed E-state index contributed by atoms with van der Waals surface area (Å²) in [7, 11) is 1.22. The molecule has 2 aliphatic heterocycles. The van der Waals surface area contributed by atoms with E-state index in [1.807, 2.05) is 6.07 Å². The number of fused-ring (bicyclic) bond motifs is 1. The molecule has 2 atom stereocenters. The van der Waals surface area contributed by atoms with E-state index in [4.69, 9.17) is 0 Å². The molecule has 2 aliphatic rings. The van der Waals surface area contributed by atoms with Gasteiger partial charge < -0.3 is 20.3 Å². The van der Waals surface area contributed by atoms with Crippen molar-refractivity contribution in [3.63, 3.8) is 0 Å². The Balaban J connectivity index is 1.43. The number of alkyl carbamates (subject to hydrolysis) is 1. The Labute approximate surface area is 195 Å². The van der Waals surface area contributed by atoms with E-state index in [0.717, 1.165) is 11.1 Å². The minimum atomic E-state index is -0.937. The Morgan fingerprint density at radius 3 is 2.62 bits per heavy atom. The summed E-state index contributed by atoms with van der Waals surface area (Å²) in [6.07, 6.45) is -0.245. The van der Waals surface area contributed by atoms with Crippen LogP contribution in [-0.4, -0.2) is 47.8 Å². The molecule has 0 spiro atoms. The second-order valence-electron chi connectivity index (χ2n) is 8.09. The Morgan fingerprint density at radius 2 is 1.91 bits per heavy atom. The number of piperidine rings is 1. The standard InChI is InChI=1S/C24H24N4O6/c1-34-24(33)27-20(15-5-3-2-4-6-15)22(31)25-12-14-7-8-17-16(11-14)13-28(23(17)32)18-9-10-19(29)26-21(18)30/h2-8,11,18,20H,9-10,12-13H2,1H3,(H,25,31)(H,27,33)(H,26,29,30). The monoisotopic (exact) mass is 464 g/mol. The molecule has 0 radical (unpaired) electrons. The van der Waals surface area contributed by atoms with Gasteiger partial charge in [0, 0.05) is 25.1 Å². The van der Waals surface area contributed by atoms with Crippen molar-refractivity contribution in [2.45, 2.75) is 38.0 Å². The van der Waals surface area contributed by atoms with Gasteiger partial charge in [0.1, 0.15) is 12.1 Å². The van der Waals surface area contributed by atoms with E-state index < -0.39 is 30.0 Å². The highest BCUT2D eigenvalue weighted by molar-refractivity contribution is 6.05. The smallest absolute Gasteiger partial charge is 0.407 e. The lowest BCUT2D eigenvalue weighted by molar-refractivity contribution is -0.137. The Morgan fingerprint density at radius 1 is 1.15 bits per heavy atom. The summed E-state index contributed by atoms with van der Waals surface area (Å²) < 4.78 is 4.64. The van der Waals surface area contributed by atoms with Crippen molar-refractivity contribution in [1.29, 1.82) is 0 Å². The van der Waals surface area contributed by atoms with Gasteiger partial charge in [-0.05, 0) is 29.2 Å². The summed E-state index contributed by atoms with van der Waals surface area (Å²) in [6, 6.07) is 12.4. The van der Waals surface area contributed by atoms with Crippen molar-refractivity contribution in [2.75, 3.05) is 7.11 Å². The summed E-state index contributed by atoms with van der Waals surface area (Å²) in [5, 5.41) is 7.62. The van der Waals surface area contributed by atoms with Crippen LogP contribution in [0.5, 0.6) is 0 Å². The van der Waals surface area contributed by atoms with Crippen LogP contribution in [0, 0.1) is 0 Å². The maximum Gasteiger partial charge on any atom is 0.407 e. The molecule has 10 heteroatoms. The van der Waals surface area contributed by atoms with Gasteiger partial charge in [0.2, 0.25) is 17.7 Å². The summed E-state index contributed by atoms with van der Waals surface area (Å²) >= 11 is 0. The second kappa shape index (κ2) is 9.74. The Bertz CT molecular complexity index is 1150. The van der Waals surface area contributed by atoms with Crippen molar-refractivity contribution < 1.29 is 28.7 Å². The molecule has 2 aromatic carbocycles. The van der Waals surface area contributed by atoms with Gasteiger partial charge in [0.15, 0.2) is 0 Å². The quantitative estimate of drug-likeness (QED) is 0.550. The number of ether oxygens (including phenoxy) is 1. The van der Waals surface area contributed by atoms with Crippen LogP contribution in [0.3, 0.4) is 0 Å². The van der Waals surface area contributed by atoms with Crippen molar-refractivity contribution in [2.24, 2.45) is 0 Å². The highest BCUT2D eigenvalue weighted by Gasteiger charge is 2.39. The molecule has 1 fully saturated rings. The Hall–Kier alpha value is -4.21. The topological polar surface area (TPSA) is 134 Å². The molecule has 176 valence electrons. The fraction of sp³-hybridized carbons (Fsp3) is 0.292. The zero-order valence-corrected chi connectivity index (χ0v) is 18.5. The van der Waals surface area contributed by atoms with E-state index in [0.29, 0.717) is 17.5 Å². The molecule has 2 heterocycles. The SMILES string of the molecule is COC(=O)NC(C(=O)NCc1ccc2c(c1)CN(C1CCC(=O)NC1=O)C2=O)c1ccccc1. The van der Waals surface area contributed by atoms with E-state index in [2.05, 4.69) is 20.7 Å². The minimum Gasteiger partial charge on any atom is -0.453 e. The molecular formula is C24H24N4O6. The molecule has 5 amide bonds. The van der Waals surface area contributed by atoms with Crippen LogP contribution in [0.2, 0.25) is 0 Å². The molecular weight excluding hydrogens is 440 g/mol. The van der Waals surface area contributed by atoms with Gasteiger partial charge in [-0.1, -0.05) is 42.5 Å². The van der Waals surface area contributed by atoms with E-state index in [1.165, 1.54) is 12.0 Å². The fourth-order valence-electron chi connectivity index (χ4n) is 4.15. The Kier molecular flexibility index (Phi) is 6.58. The zero-order chi connectivity index (χ0) is 24.2. The van der Waals surface area contributed by atoms with Gasteiger partial charge >= 0.3 is 6.09 Å². The van der Waals surface area contributed by atoms with Crippen LogP contribution < -0.4 is 16.0 Å². The lowest BCUT2D eigenvalue weighted by Gasteiger charge is -2.29. The molecule has 0 aliphatic carbocycles. The number of imide groups is 1. The third-order valence-electron chi connectivity index (χ3n) is 5.90. The molecule has 1 saturated heterocycles. The fourth-order valence-corrected chi connectivity index (χ4v) is 4.15. The van der Waals surface area contributed by atoms with Gasteiger partial charge in [-0.3, -0.25) is 24.5 Å². The van der Waals surface area contributed by atoms with Gasteiger partial charge in [-0.15, -0.1) is 0 Å². The van der Waals surface area contributed by atoms with Crippen molar-refractivity contribution in [3.8, 4) is 0 Å². The van der Waals surface area contributed by atoms with Crippen LogP contribution in [0.1, 0.15) is 45.9 Å². The first-order valence-electron chi connectivity index (χ1n) is 10.8. The average Bonchev–Trinajstić information content (AvgIpc) is 3.16. The predicted octanol–water partition coefficient (Wildman–Crippen LogP) is 1.16. The predicted molar refractivity (Wildman–Crippen MR) is 119 cm³/mol. The first kappa shape index (κ1) is 23.0. The van der Waals surface area contributed by atoms with Gasteiger partial charge in [0.25, 0.3) is 5.91 Å². The maximum atomic E-state index is 12.9. The average molecular weight is 464 g/mol. The molecule has 0 bridgehead atoms. The number of hydrogen-bond acceptors (Lipinski definition) is 6. The zero-order valence-electron chi connectivity index (χ0n) is 18.5. The van der Waals surface area contributed by atoms with E-state index in [9.17, 15) is 24.0 Å². The van der Waals surface area contributed by atoms with Crippen molar-refractivity contribution in [1.82, 2.24) is 20.9 Å². The number of nitrogens with one attached hydrogen (secondary N) is 3. The molecule has 10 nitrogen and oxygen atoms in total. The van der Waals surface area contributed by atoms with Gasteiger partial charge in [-0.2, -0.15) is 0 Å². The van der Waals surface area contributed by atoms with Crippen LogP contribution in [0.25, 0.3) is 0 Å². The van der Waals surface area contributed by atoms with Crippen molar-refractivity contribution >= 4 is 29.7 Å². The van der Waals surface area contributed by atoms with E-state index in [-0.39, 0.29) is 31.3 Å². The van der Waals surface area contributed by atoms with Crippen LogP contribution in [0.15, 0.2) is 48.5 Å². The van der Waals surface area contributed by atoms with Crippen molar-refractivity contribution in [3.05, 3.63) is 70.8 Å². The number of amides is 5. The normalized spacial score (nSPS) is 18.1. The lowest BCUT2D eigenvalue weighted by atomic mass is 10.0. The summed E-state index contributed by atoms with van der Waals surface area (Å²) in [4.78, 5) is 62.5. The van der Waals surface area contributed by atoms with Gasteiger partial charge in [-0.25, -0.2) is 4.79 Å². The van der Waals surface area contributed by atoms with E-state index >= 15 is 0 Å². The lowest BCUT2D eigenvalue weighted by Crippen LogP contribution is -2.52. The number of carbonyl (C=O) groups is 5. The largest absolute Gasteiger partial charge is 0.453 e.